The Morgan fingerprint density at radius 3 is 1.61 bits per heavy atom. The van der Waals surface area contributed by atoms with Crippen LogP contribution in [0.15, 0.2) is 218 Å². The van der Waals surface area contributed by atoms with Crippen LogP contribution in [0.1, 0.15) is 0 Å². The number of fused-ring (bicyclic) bond motifs is 7. The number of rotatable bonds is 6. The summed E-state index contributed by atoms with van der Waals surface area (Å²) >= 11 is 0. The van der Waals surface area contributed by atoms with Crippen molar-refractivity contribution in [2.45, 2.75) is 0 Å². The normalized spacial score (nSPS) is 11.6. The molecule has 12 aromatic rings. The van der Waals surface area contributed by atoms with Crippen molar-refractivity contribution in [3.63, 3.8) is 0 Å². The Hall–Kier alpha value is -8.21. The van der Waals surface area contributed by atoms with Gasteiger partial charge in [-0.2, -0.15) is 0 Å². The predicted molar refractivity (Wildman–Crippen MR) is 254 cm³/mol. The molecule has 0 aliphatic carbocycles. The maximum absolute atomic E-state index is 5.32. The van der Waals surface area contributed by atoms with Gasteiger partial charge in [0.15, 0.2) is 17.5 Å². The Balaban J connectivity index is 1.17. The average Bonchev–Trinajstić information content (AvgIpc) is 3.67. The summed E-state index contributed by atoms with van der Waals surface area (Å²) in [6.07, 6.45) is 0. The van der Waals surface area contributed by atoms with Crippen LogP contribution in [0.25, 0.3) is 116 Å². The number of para-hydroxylation sites is 1. The van der Waals surface area contributed by atoms with E-state index < -0.39 is 0 Å². The minimum absolute atomic E-state index is 0.607. The van der Waals surface area contributed by atoms with E-state index in [1.165, 1.54) is 48.8 Å². The molecule has 0 saturated carbocycles. The molecule has 0 aliphatic heterocycles. The van der Waals surface area contributed by atoms with Crippen LogP contribution in [-0.4, -0.2) is 19.5 Å². The minimum atomic E-state index is 0.607. The SMILES string of the molecule is c1ccc(-c2ccc3c4ccccc4n(-c4cc(-c5nc(-c6ccccc6)nc(-c6ccc7ccccc7c6)n5)cc(-c5cc6ccccc6c6ccccc56)c4)c3c2)cc1. The predicted octanol–water partition coefficient (Wildman–Crippen LogP) is 14.8. The number of hydrogen-bond acceptors (Lipinski definition) is 3. The average molecular weight is 777 g/mol. The number of nitrogens with zero attached hydrogens (tertiary/aromatic N) is 4. The van der Waals surface area contributed by atoms with E-state index in [-0.39, 0.29) is 0 Å². The summed E-state index contributed by atoms with van der Waals surface area (Å²) in [7, 11) is 0. The van der Waals surface area contributed by atoms with Crippen LogP contribution >= 0.6 is 0 Å². The van der Waals surface area contributed by atoms with Crippen molar-refractivity contribution in [2.24, 2.45) is 0 Å². The number of aromatic nitrogens is 4. The van der Waals surface area contributed by atoms with Crippen molar-refractivity contribution >= 4 is 54.1 Å². The van der Waals surface area contributed by atoms with Gasteiger partial charge >= 0.3 is 0 Å². The van der Waals surface area contributed by atoms with Gasteiger partial charge in [-0.3, -0.25) is 0 Å². The molecule has 0 fully saturated rings. The molecule has 2 heterocycles. The van der Waals surface area contributed by atoms with E-state index in [0.29, 0.717) is 17.5 Å². The van der Waals surface area contributed by atoms with E-state index in [1.54, 1.807) is 0 Å². The van der Waals surface area contributed by atoms with Gasteiger partial charge in [-0.15, -0.1) is 0 Å². The van der Waals surface area contributed by atoms with Crippen molar-refractivity contribution in [3.05, 3.63) is 218 Å². The third kappa shape index (κ3) is 6.04. The Kier molecular flexibility index (Phi) is 8.13. The smallest absolute Gasteiger partial charge is 0.164 e. The molecule has 0 bridgehead atoms. The van der Waals surface area contributed by atoms with Gasteiger partial charge < -0.3 is 4.57 Å². The molecule has 0 radical (unpaired) electrons. The van der Waals surface area contributed by atoms with Gasteiger partial charge in [0.05, 0.1) is 11.0 Å². The van der Waals surface area contributed by atoms with Gasteiger partial charge in [-0.1, -0.05) is 176 Å². The highest BCUT2D eigenvalue weighted by atomic mass is 15.0. The topological polar surface area (TPSA) is 43.6 Å². The van der Waals surface area contributed by atoms with E-state index in [4.69, 9.17) is 15.0 Å². The highest BCUT2D eigenvalue weighted by Crippen LogP contribution is 2.41. The van der Waals surface area contributed by atoms with Crippen LogP contribution in [0.2, 0.25) is 0 Å². The van der Waals surface area contributed by atoms with Crippen molar-refractivity contribution in [1.82, 2.24) is 19.5 Å². The molecule has 2 aromatic heterocycles. The van der Waals surface area contributed by atoms with Crippen LogP contribution in [0.5, 0.6) is 0 Å². The molecular weight excluding hydrogens is 741 g/mol. The molecule has 0 amide bonds. The fourth-order valence-electron chi connectivity index (χ4n) is 9.06. The van der Waals surface area contributed by atoms with Crippen LogP contribution in [0.4, 0.5) is 0 Å². The lowest BCUT2D eigenvalue weighted by Crippen LogP contribution is -2.02. The van der Waals surface area contributed by atoms with Crippen LogP contribution in [0.3, 0.4) is 0 Å². The van der Waals surface area contributed by atoms with Crippen molar-refractivity contribution in [2.75, 3.05) is 0 Å². The number of benzene rings is 10. The van der Waals surface area contributed by atoms with E-state index in [0.717, 1.165) is 49.9 Å². The van der Waals surface area contributed by atoms with Crippen molar-refractivity contribution < 1.29 is 0 Å². The monoisotopic (exact) mass is 776 g/mol. The van der Waals surface area contributed by atoms with Gasteiger partial charge in [-0.25, -0.2) is 15.0 Å². The molecule has 4 nitrogen and oxygen atoms in total. The lowest BCUT2D eigenvalue weighted by Gasteiger charge is -2.16. The van der Waals surface area contributed by atoms with Crippen molar-refractivity contribution in [1.29, 1.82) is 0 Å². The molecule has 0 unspecified atom stereocenters. The summed E-state index contributed by atoms with van der Waals surface area (Å²) in [5.41, 5.74) is 10.6. The second-order valence-corrected chi connectivity index (χ2v) is 15.6. The molecule has 61 heavy (non-hydrogen) atoms. The van der Waals surface area contributed by atoms with E-state index >= 15 is 0 Å². The molecule has 12 rings (SSSR count). The summed E-state index contributed by atoms with van der Waals surface area (Å²) < 4.78 is 2.41. The van der Waals surface area contributed by atoms with Gasteiger partial charge in [-0.05, 0) is 97.0 Å². The lowest BCUT2D eigenvalue weighted by atomic mass is 9.92. The Bertz CT molecular complexity index is 3650. The fraction of sp³-hybridized carbons (Fsp3) is 0. The van der Waals surface area contributed by atoms with Gasteiger partial charge in [0, 0.05) is 33.2 Å². The first-order valence-corrected chi connectivity index (χ1v) is 20.7. The molecule has 0 aliphatic rings. The first-order chi connectivity index (χ1) is 30.2. The zero-order valence-corrected chi connectivity index (χ0v) is 33.1. The van der Waals surface area contributed by atoms with Gasteiger partial charge in [0.1, 0.15) is 0 Å². The van der Waals surface area contributed by atoms with Gasteiger partial charge in [0.25, 0.3) is 0 Å². The zero-order valence-electron chi connectivity index (χ0n) is 33.1. The van der Waals surface area contributed by atoms with Gasteiger partial charge in [0.2, 0.25) is 0 Å². The second-order valence-electron chi connectivity index (χ2n) is 15.6. The third-order valence-corrected chi connectivity index (χ3v) is 12.0. The molecule has 10 aromatic carbocycles. The molecule has 0 saturated heterocycles. The first-order valence-electron chi connectivity index (χ1n) is 20.7. The van der Waals surface area contributed by atoms with E-state index in [2.05, 4.69) is 205 Å². The molecular formula is C57H36N4. The number of hydrogen-bond donors (Lipinski definition) is 0. The lowest BCUT2D eigenvalue weighted by molar-refractivity contribution is 1.07. The molecule has 284 valence electrons. The molecule has 0 N–H and O–H groups in total. The highest BCUT2D eigenvalue weighted by molar-refractivity contribution is 6.14. The standard InChI is InChI=1S/C57H36N4/c1-3-15-37(16-4-1)41-29-30-51-50-25-13-14-26-53(50)61(54(51)36-41)46-33-44(52-35-42-21-9-10-22-47(42)48-23-11-12-24-49(48)52)32-45(34-46)57-59-55(39-18-5-2-6-19-39)58-56(60-57)43-28-27-38-17-7-8-20-40(38)31-43/h1-36H. The van der Waals surface area contributed by atoms with Crippen molar-refractivity contribution in [3.8, 4) is 62.1 Å². The third-order valence-electron chi connectivity index (χ3n) is 12.0. The first kappa shape index (κ1) is 34.8. The summed E-state index contributed by atoms with van der Waals surface area (Å²) in [6.45, 7) is 0. The second kappa shape index (κ2) is 14.3. The van der Waals surface area contributed by atoms with Crippen LogP contribution < -0.4 is 0 Å². The van der Waals surface area contributed by atoms with Crippen LogP contribution in [0, 0.1) is 0 Å². The minimum Gasteiger partial charge on any atom is -0.309 e. The van der Waals surface area contributed by atoms with E-state index in [1.807, 2.05) is 18.2 Å². The molecule has 0 spiro atoms. The summed E-state index contributed by atoms with van der Waals surface area (Å²) in [5, 5.41) is 9.54. The quantitative estimate of drug-likeness (QED) is 0.158. The Morgan fingerprint density at radius 1 is 0.262 bits per heavy atom. The highest BCUT2D eigenvalue weighted by Gasteiger charge is 2.19. The maximum Gasteiger partial charge on any atom is 0.164 e. The Labute approximate surface area is 352 Å². The molecule has 0 atom stereocenters. The maximum atomic E-state index is 5.32. The zero-order chi connectivity index (χ0) is 40.3. The van der Waals surface area contributed by atoms with Crippen LogP contribution in [-0.2, 0) is 0 Å². The summed E-state index contributed by atoms with van der Waals surface area (Å²) in [4.78, 5) is 15.7. The summed E-state index contributed by atoms with van der Waals surface area (Å²) in [5.74, 6) is 1.86. The Morgan fingerprint density at radius 2 is 0.820 bits per heavy atom. The largest absolute Gasteiger partial charge is 0.309 e. The fourth-order valence-corrected chi connectivity index (χ4v) is 9.06. The molecule has 4 heteroatoms. The van der Waals surface area contributed by atoms with E-state index in [9.17, 15) is 0 Å². The summed E-state index contributed by atoms with van der Waals surface area (Å²) in [6, 6.07) is 77.8.